The Balaban J connectivity index is 2.22. The van der Waals surface area contributed by atoms with Gasteiger partial charge in [0, 0.05) is 25.0 Å². The van der Waals surface area contributed by atoms with Gasteiger partial charge >= 0.3 is 0 Å². The van der Waals surface area contributed by atoms with E-state index < -0.39 is 0 Å². The van der Waals surface area contributed by atoms with Crippen molar-refractivity contribution in [3.05, 3.63) is 23.1 Å². The lowest BCUT2D eigenvalue weighted by Crippen LogP contribution is -2.25. The van der Waals surface area contributed by atoms with E-state index in [-0.39, 0.29) is 5.91 Å². The first-order valence-electron chi connectivity index (χ1n) is 6.31. The largest absolute Gasteiger partial charge is 0.496 e. The fraction of sp³-hybridized carbons (Fsp3) is 0.357. The molecule has 1 aromatic heterocycles. The normalized spacial score (nSPS) is 10.7. The first-order valence-corrected chi connectivity index (χ1v) is 7.12. The minimum atomic E-state index is -0.151. The third-order valence-corrected chi connectivity index (χ3v) is 4.12. The molecule has 0 atom stereocenters. The summed E-state index contributed by atoms with van der Waals surface area (Å²) in [7, 11) is 3.23. The van der Waals surface area contributed by atoms with E-state index in [1.165, 1.54) is 11.3 Å². The average Bonchev–Trinajstić information content (AvgIpc) is 2.81. The van der Waals surface area contributed by atoms with E-state index in [1.807, 2.05) is 18.2 Å². The average molecular weight is 294 g/mol. The van der Waals surface area contributed by atoms with Gasteiger partial charge in [-0.25, -0.2) is 0 Å². The van der Waals surface area contributed by atoms with Gasteiger partial charge < -0.3 is 20.5 Å². The van der Waals surface area contributed by atoms with E-state index in [9.17, 15) is 4.79 Å². The van der Waals surface area contributed by atoms with Gasteiger partial charge in [-0.1, -0.05) is 6.07 Å². The molecule has 0 spiro atoms. The number of benzene rings is 1. The lowest BCUT2D eigenvalue weighted by molar-refractivity contribution is 0.0953. The van der Waals surface area contributed by atoms with Crippen LogP contribution in [0.1, 0.15) is 16.1 Å². The Hall–Kier alpha value is -1.79. The van der Waals surface area contributed by atoms with Gasteiger partial charge in [0.15, 0.2) is 0 Å². The number of anilines is 1. The number of amides is 1. The van der Waals surface area contributed by atoms with Crippen LogP contribution < -0.4 is 15.8 Å². The second kappa shape index (κ2) is 6.58. The van der Waals surface area contributed by atoms with Gasteiger partial charge in [-0.3, -0.25) is 4.79 Å². The van der Waals surface area contributed by atoms with Gasteiger partial charge in [0.25, 0.3) is 5.91 Å². The van der Waals surface area contributed by atoms with Gasteiger partial charge in [0.2, 0.25) is 0 Å². The molecular formula is C14H18N2O3S. The summed E-state index contributed by atoms with van der Waals surface area (Å²) in [5.41, 5.74) is 6.57. The van der Waals surface area contributed by atoms with Crippen LogP contribution in [0.5, 0.6) is 5.75 Å². The third-order valence-electron chi connectivity index (χ3n) is 2.95. The predicted octanol–water partition coefficient (Wildman–Crippen LogP) is 2.26. The summed E-state index contributed by atoms with van der Waals surface area (Å²) in [6.45, 7) is 1.19. The number of thiophene rings is 1. The summed E-state index contributed by atoms with van der Waals surface area (Å²) in [5.74, 6) is 0.538. The number of fused-ring (bicyclic) bond motifs is 1. The molecule has 0 saturated carbocycles. The molecule has 0 saturated heterocycles. The van der Waals surface area contributed by atoms with Gasteiger partial charge in [0.05, 0.1) is 18.2 Å². The van der Waals surface area contributed by atoms with Crippen molar-refractivity contribution < 1.29 is 14.3 Å². The summed E-state index contributed by atoms with van der Waals surface area (Å²) in [5, 5.41) is 3.65. The van der Waals surface area contributed by atoms with Crippen LogP contribution in [0.4, 0.5) is 5.69 Å². The van der Waals surface area contributed by atoms with Crippen LogP contribution in [0.2, 0.25) is 0 Å². The van der Waals surface area contributed by atoms with Crippen LogP contribution in [0.3, 0.4) is 0 Å². The number of hydrogen-bond acceptors (Lipinski definition) is 5. The number of nitrogen functional groups attached to an aromatic ring is 1. The molecule has 3 N–H and O–H groups in total. The SMILES string of the molecule is COCCCNC(=O)c1sc2cccc(OC)c2c1N. The van der Waals surface area contributed by atoms with E-state index in [2.05, 4.69) is 5.32 Å². The number of carbonyl (C=O) groups is 1. The number of rotatable bonds is 6. The Labute approximate surface area is 121 Å². The zero-order valence-corrected chi connectivity index (χ0v) is 12.4. The number of methoxy groups -OCH3 is 2. The van der Waals surface area contributed by atoms with Gasteiger partial charge in [-0.2, -0.15) is 0 Å². The second-order valence-electron chi connectivity index (χ2n) is 4.28. The minimum Gasteiger partial charge on any atom is -0.496 e. The Morgan fingerprint density at radius 3 is 2.90 bits per heavy atom. The Kier molecular flexibility index (Phi) is 4.81. The number of hydrogen-bond donors (Lipinski definition) is 2. The minimum absolute atomic E-state index is 0.151. The first kappa shape index (κ1) is 14.6. The van der Waals surface area contributed by atoms with E-state index in [4.69, 9.17) is 15.2 Å². The predicted molar refractivity (Wildman–Crippen MR) is 81.6 cm³/mol. The number of ether oxygens (including phenoxy) is 2. The maximum atomic E-state index is 12.1. The number of nitrogens with one attached hydrogen (secondary N) is 1. The molecule has 108 valence electrons. The highest BCUT2D eigenvalue weighted by Crippen LogP contribution is 2.39. The molecule has 0 radical (unpaired) electrons. The summed E-state index contributed by atoms with van der Waals surface area (Å²) in [6.07, 6.45) is 0.774. The van der Waals surface area contributed by atoms with Gasteiger partial charge in [-0.05, 0) is 18.6 Å². The molecule has 20 heavy (non-hydrogen) atoms. The number of carbonyl (C=O) groups excluding carboxylic acids is 1. The van der Waals surface area contributed by atoms with Gasteiger partial charge in [-0.15, -0.1) is 11.3 Å². The lowest BCUT2D eigenvalue weighted by Gasteiger charge is -2.04. The highest BCUT2D eigenvalue weighted by Gasteiger charge is 2.18. The summed E-state index contributed by atoms with van der Waals surface area (Å²) < 4.78 is 11.2. The highest BCUT2D eigenvalue weighted by molar-refractivity contribution is 7.21. The lowest BCUT2D eigenvalue weighted by atomic mass is 10.2. The molecule has 0 bridgehead atoms. The zero-order valence-electron chi connectivity index (χ0n) is 11.6. The Bertz CT molecular complexity index is 610. The highest BCUT2D eigenvalue weighted by atomic mass is 32.1. The molecule has 6 heteroatoms. The molecule has 0 aliphatic heterocycles. The Morgan fingerprint density at radius 2 is 2.20 bits per heavy atom. The molecule has 2 rings (SSSR count). The second-order valence-corrected chi connectivity index (χ2v) is 5.33. The summed E-state index contributed by atoms with van der Waals surface area (Å²) in [6, 6.07) is 5.66. The fourth-order valence-corrected chi connectivity index (χ4v) is 3.03. The molecule has 2 aromatic rings. The van der Waals surface area contributed by atoms with Gasteiger partial charge in [0.1, 0.15) is 10.6 Å². The maximum absolute atomic E-state index is 12.1. The number of nitrogens with two attached hydrogens (primary N) is 1. The van der Waals surface area contributed by atoms with Crippen molar-refractivity contribution in [2.24, 2.45) is 0 Å². The van der Waals surface area contributed by atoms with E-state index in [1.54, 1.807) is 14.2 Å². The van der Waals surface area contributed by atoms with Crippen LogP contribution in [-0.4, -0.2) is 33.3 Å². The molecular weight excluding hydrogens is 276 g/mol. The van der Waals surface area contributed by atoms with Crippen molar-refractivity contribution in [2.75, 3.05) is 33.1 Å². The molecule has 1 amide bonds. The van der Waals surface area contributed by atoms with Crippen LogP contribution in [0.25, 0.3) is 10.1 Å². The first-order chi connectivity index (χ1) is 9.69. The molecule has 1 aromatic carbocycles. The van der Waals surface area contributed by atoms with E-state index in [0.29, 0.717) is 29.5 Å². The van der Waals surface area contributed by atoms with Crippen molar-refractivity contribution in [3.8, 4) is 5.75 Å². The quantitative estimate of drug-likeness (QED) is 0.801. The smallest absolute Gasteiger partial charge is 0.263 e. The molecule has 0 unspecified atom stereocenters. The molecule has 0 aliphatic rings. The van der Waals surface area contributed by atoms with E-state index >= 15 is 0 Å². The van der Waals surface area contributed by atoms with Crippen molar-refractivity contribution in [1.82, 2.24) is 5.32 Å². The van der Waals surface area contributed by atoms with Crippen LogP contribution in [0, 0.1) is 0 Å². The summed E-state index contributed by atoms with van der Waals surface area (Å²) >= 11 is 1.38. The Morgan fingerprint density at radius 1 is 1.40 bits per heavy atom. The molecule has 5 nitrogen and oxygen atoms in total. The van der Waals surface area contributed by atoms with Crippen molar-refractivity contribution in [3.63, 3.8) is 0 Å². The van der Waals surface area contributed by atoms with Crippen molar-refractivity contribution in [1.29, 1.82) is 0 Å². The third kappa shape index (κ3) is 2.86. The van der Waals surface area contributed by atoms with Crippen LogP contribution >= 0.6 is 11.3 Å². The molecule has 0 aliphatic carbocycles. The summed E-state index contributed by atoms with van der Waals surface area (Å²) in [4.78, 5) is 12.7. The van der Waals surface area contributed by atoms with Crippen molar-refractivity contribution in [2.45, 2.75) is 6.42 Å². The maximum Gasteiger partial charge on any atom is 0.263 e. The zero-order chi connectivity index (χ0) is 14.5. The van der Waals surface area contributed by atoms with Crippen molar-refractivity contribution >= 4 is 33.0 Å². The molecule has 0 fully saturated rings. The standard InChI is InChI=1S/C14H18N2O3S/c1-18-8-4-7-16-14(17)13-12(15)11-9(19-2)5-3-6-10(11)20-13/h3,5-6H,4,7-8,15H2,1-2H3,(H,16,17). The molecule has 1 heterocycles. The van der Waals surface area contributed by atoms with E-state index in [0.717, 1.165) is 16.5 Å². The van der Waals surface area contributed by atoms with Crippen LogP contribution in [-0.2, 0) is 4.74 Å². The fourth-order valence-electron chi connectivity index (χ4n) is 1.98. The monoisotopic (exact) mass is 294 g/mol. The topological polar surface area (TPSA) is 73.6 Å². The van der Waals surface area contributed by atoms with Crippen LogP contribution in [0.15, 0.2) is 18.2 Å².